The van der Waals surface area contributed by atoms with Gasteiger partial charge in [0.25, 0.3) is 0 Å². The Balaban J connectivity index is 1.40. The van der Waals surface area contributed by atoms with Gasteiger partial charge in [-0.25, -0.2) is 4.98 Å². The van der Waals surface area contributed by atoms with E-state index < -0.39 is 0 Å². The first-order valence-electron chi connectivity index (χ1n) is 8.57. The van der Waals surface area contributed by atoms with E-state index in [1.807, 2.05) is 6.20 Å². The fourth-order valence-corrected chi connectivity index (χ4v) is 3.59. The molecule has 1 atom stereocenters. The van der Waals surface area contributed by atoms with Crippen LogP contribution in [0, 0.1) is 0 Å². The lowest BCUT2D eigenvalue weighted by Gasteiger charge is -2.30. The molecule has 1 aromatic heterocycles. The molecule has 0 bridgehead atoms. The number of allylic oxidation sites excluding steroid dienone is 1. The van der Waals surface area contributed by atoms with Crippen LogP contribution in [0.2, 0.25) is 0 Å². The van der Waals surface area contributed by atoms with E-state index in [1.165, 1.54) is 11.1 Å². The fourth-order valence-electron chi connectivity index (χ4n) is 3.59. The Bertz CT molecular complexity index is 596. The molecule has 0 saturated carbocycles. The molecule has 1 aliphatic carbocycles. The van der Waals surface area contributed by atoms with Crippen LogP contribution in [0.15, 0.2) is 24.4 Å². The van der Waals surface area contributed by atoms with Gasteiger partial charge in [0.1, 0.15) is 18.7 Å². The lowest BCUT2D eigenvalue weighted by molar-refractivity contribution is -0.159. The van der Waals surface area contributed by atoms with E-state index in [0.29, 0.717) is 26.6 Å². The van der Waals surface area contributed by atoms with Crippen molar-refractivity contribution in [3.63, 3.8) is 0 Å². The number of hydrogen-bond donors (Lipinski definition) is 0. The standard InChI is InChI=1S/C18H24N2O4/c1-21-12-16-11-20(13-22-16)17-3-2-15(10-19-17)14-4-6-18(7-5-14)23-8-9-24-18/h2-4,10,16H,5-9,11-13H2,1H3. The molecular formula is C18H24N2O4. The van der Waals surface area contributed by atoms with Crippen molar-refractivity contribution in [3.05, 3.63) is 30.0 Å². The molecule has 4 rings (SSSR count). The second kappa shape index (κ2) is 6.80. The maximum absolute atomic E-state index is 5.77. The minimum absolute atomic E-state index is 0.125. The van der Waals surface area contributed by atoms with Gasteiger partial charge in [-0.3, -0.25) is 0 Å². The van der Waals surface area contributed by atoms with E-state index in [1.54, 1.807) is 7.11 Å². The topological polar surface area (TPSA) is 53.1 Å². The third-order valence-electron chi connectivity index (χ3n) is 4.93. The van der Waals surface area contributed by atoms with Gasteiger partial charge in [0.05, 0.1) is 26.4 Å². The van der Waals surface area contributed by atoms with Crippen LogP contribution in [0.4, 0.5) is 5.82 Å². The Morgan fingerprint density at radius 2 is 2.21 bits per heavy atom. The molecule has 1 spiro atoms. The van der Waals surface area contributed by atoms with Crippen LogP contribution in [0.1, 0.15) is 24.8 Å². The summed E-state index contributed by atoms with van der Waals surface area (Å²) >= 11 is 0. The Kier molecular flexibility index (Phi) is 4.54. The number of pyridine rings is 1. The van der Waals surface area contributed by atoms with E-state index in [9.17, 15) is 0 Å². The summed E-state index contributed by atoms with van der Waals surface area (Å²) in [4.78, 5) is 6.76. The van der Waals surface area contributed by atoms with Crippen molar-refractivity contribution < 1.29 is 18.9 Å². The van der Waals surface area contributed by atoms with Crippen molar-refractivity contribution in [1.82, 2.24) is 4.98 Å². The fraction of sp³-hybridized carbons (Fsp3) is 0.611. The summed E-state index contributed by atoms with van der Waals surface area (Å²) in [6.45, 7) is 3.43. The van der Waals surface area contributed by atoms with Crippen LogP contribution in [0.25, 0.3) is 5.57 Å². The number of aromatic nitrogens is 1. The average Bonchev–Trinajstić information content (AvgIpc) is 3.27. The maximum atomic E-state index is 5.77. The monoisotopic (exact) mass is 332 g/mol. The number of hydrogen-bond acceptors (Lipinski definition) is 6. The van der Waals surface area contributed by atoms with Crippen LogP contribution in [-0.2, 0) is 18.9 Å². The summed E-state index contributed by atoms with van der Waals surface area (Å²) in [6, 6.07) is 4.22. The lowest BCUT2D eigenvalue weighted by Crippen LogP contribution is -2.31. The summed E-state index contributed by atoms with van der Waals surface area (Å²) < 4.78 is 22.4. The van der Waals surface area contributed by atoms with Crippen molar-refractivity contribution in [2.45, 2.75) is 31.2 Å². The zero-order valence-electron chi connectivity index (χ0n) is 14.1. The molecule has 0 radical (unpaired) electrons. The van der Waals surface area contributed by atoms with Gasteiger partial charge in [0, 0.05) is 26.1 Å². The Morgan fingerprint density at radius 3 is 2.88 bits per heavy atom. The molecular weight excluding hydrogens is 308 g/mol. The molecule has 2 aliphatic heterocycles. The molecule has 0 amide bonds. The summed E-state index contributed by atoms with van der Waals surface area (Å²) in [6.07, 6.45) is 7.02. The molecule has 3 heterocycles. The number of nitrogens with zero attached hydrogens (tertiary/aromatic N) is 2. The van der Waals surface area contributed by atoms with Crippen molar-refractivity contribution in [2.75, 3.05) is 45.1 Å². The van der Waals surface area contributed by atoms with Crippen molar-refractivity contribution in [3.8, 4) is 0 Å². The highest BCUT2D eigenvalue weighted by Gasteiger charge is 2.37. The van der Waals surface area contributed by atoms with Crippen molar-refractivity contribution in [1.29, 1.82) is 0 Å². The van der Waals surface area contributed by atoms with Gasteiger partial charge < -0.3 is 23.8 Å². The van der Waals surface area contributed by atoms with Gasteiger partial charge in [-0.1, -0.05) is 6.08 Å². The second-order valence-corrected chi connectivity index (χ2v) is 6.54. The minimum Gasteiger partial charge on any atom is -0.382 e. The minimum atomic E-state index is -0.361. The van der Waals surface area contributed by atoms with Crippen LogP contribution in [0.3, 0.4) is 0 Å². The third kappa shape index (κ3) is 3.19. The SMILES string of the molecule is COCC1CN(c2ccc(C3=CCC4(CC3)OCCO4)cn2)CO1. The van der Waals surface area contributed by atoms with Crippen LogP contribution in [-0.4, -0.2) is 57.1 Å². The second-order valence-electron chi connectivity index (χ2n) is 6.54. The maximum Gasteiger partial charge on any atom is 0.172 e. The third-order valence-corrected chi connectivity index (χ3v) is 4.93. The predicted octanol–water partition coefficient (Wildman–Crippen LogP) is 2.20. The highest BCUT2D eigenvalue weighted by Crippen LogP contribution is 2.38. The molecule has 2 saturated heterocycles. The summed E-state index contributed by atoms with van der Waals surface area (Å²) in [5, 5.41) is 0. The first-order chi connectivity index (χ1) is 11.8. The van der Waals surface area contributed by atoms with Crippen molar-refractivity contribution >= 4 is 11.4 Å². The first kappa shape index (κ1) is 16.0. The van der Waals surface area contributed by atoms with Crippen LogP contribution < -0.4 is 4.90 Å². The normalized spacial score (nSPS) is 26.1. The average molecular weight is 332 g/mol. The summed E-state index contributed by atoms with van der Waals surface area (Å²) in [5.41, 5.74) is 2.51. The zero-order valence-corrected chi connectivity index (χ0v) is 14.1. The number of methoxy groups -OCH3 is 1. The van der Waals surface area contributed by atoms with Gasteiger partial charge in [-0.15, -0.1) is 0 Å². The molecule has 130 valence electrons. The van der Waals surface area contributed by atoms with Gasteiger partial charge in [0.2, 0.25) is 0 Å². The largest absolute Gasteiger partial charge is 0.382 e. The summed E-state index contributed by atoms with van der Waals surface area (Å²) in [7, 11) is 1.70. The lowest BCUT2D eigenvalue weighted by atomic mass is 9.90. The molecule has 1 unspecified atom stereocenters. The highest BCUT2D eigenvalue weighted by molar-refractivity contribution is 5.66. The zero-order chi connectivity index (χ0) is 16.4. The Labute approximate surface area is 142 Å². The van der Waals surface area contributed by atoms with Gasteiger partial charge in [0.15, 0.2) is 5.79 Å². The quantitative estimate of drug-likeness (QED) is 0.842. The predicted molar refractivity (Wildman–Crippen MR) is 89.7 cm³/mol. The molecule has 2 fully saturated rings. The van der Waals surface area contributed by atoms with Crippen LogP contribution >= 0.6 is 0 Å². The number of ether oxygens (including phenoxy) is 4. The molecule has 0 aromatic carbocycles. The van der Waals surface area contributed by atoms with E-state index in [2.05, 4.69) is 28.1 Å². The molecule has 24 heavy (non-hydrogen) atoms. The molecule has 1 aromatic rings. The van der Waals surface area contributed by atoms with Crippen molar-refractivity contribution in [2.24, 2.45) is 0 Å². The van der Waals surface area contributed by atoms with E-state index >= 15 is 0 Å². The Hall–Kier alpha value is -1.47. The summed E-state index contributed by atoms with van der Waals surface area (Å²) in [5.74, 6) is 0.591. The molecule has 6 heteroatoms. The van der Waals surface area contributed by atoms with Gasteiger partial charge in [-0.05, 0) is 29.7 Å². The highest BCUT2D eigenvalue weighted by atomic mass is 16.7. The van der Waals surface area contributed by atoms with E-state index in [4.69, 9.17) is 18.9 Å². The van der Waals surface area contributed by atoms with Gasteiger partial charge >= 0.3 is 0 Å². The Morgan fingerprint density at radius 1 is 1.33 bits per heavy atom. The van der Waals surface area contributed by atoms with Crippen LogP contribution in [0.5, 0.6) is 0 Å². The number of anilines is 1. The van der Waals surface area contributed by atoms with Gasteiger partial charge in [-0.2, -0.15) is 0 Å². The smallest absolute Gasteiger partial charge is 0.172 e. The van der Waals surface area contributed by atoms with E-state index in [-0.39, 0.29) is 11.9 Å². The molecule has 3 aliphatic rings. The molecule has 0 N–H and O–H groups in total. The first-order valence-corrected chi connectivity index (χ1v) is 8.57. The number of rotatable bonds is 4. The van der Waals surface area contributed by atoms with E-state index in [0.717, 1.165) is 31.6 Å². The molecule has 6 nitrogen and oxygen atoms in total.